The molecule has 0 atom stereocenters. The number of amides is 1. The zero-order valence-electron chi connectivity index (χ0n) is 16.7. The van der Waals surface area contributed by atoms with Crippen LogP contribution >= 0.6 is 11.3 Å². The van der Waals surface area contributed by atoms with E-state index >= 15 is 0 Å². The van der Waals surface area contributed by atoms with Crippen molar-refractivity contribution in [2.24, 2.45) is 0 Å². The Bertz CT molecular complexity index is 1220. The standard InChI is InChI=1S/C22H21FN4OS/c1-13-10-19(25-20(28)14-6-5-7-16(23)11-14)27(26-13)21-24-17-9-8-15(22(2,3)4)12-18(17)29-21/h5-12H,1-4H3,(H,25,28). The number of carbonyl (C=O) groups is 1. The van der Waals surface area contributed by atoms with Gasteiger partial charge in [-0.3, -0.25) is 4.79 Å². The minimum absolute atomic E-state index is 0.0464. The summed E-state index contributed by atoms with van der Waals surface area (Å²) in [4.78, 5) is 17.2. The molecule has 0 saturated carbocycles. The third-order valence-electron chi connectivity index (χ3n) is 4.58. The Morgan fingerprint density at radius 1 is 1.14 bits per heavy atom. The van der Waals surface area contributed by atoms with Crippen LogP contribution in [0.5, 0.6) is 0 Å². The van der Waals surface area contributed by atoms with E-state index in [2.05, 4.69) is 48.3 Å². The van der Waals surface area contributed by atoms with Crippen molar-refractivity contribution in [3.63, 3.8) is 0 Å². The third kappa shape index (κ3) is 3.91. The molecule has 0 spiro atoms. The molecular weight excluding hydrogens is 387 g/mol. The first-order valence-corrected chi connectivity index (χ1v) is 10.1. The molecule has 148 valence electrons. The second-order valence-electron chi connectivity index (χ2n) is 7.98. The Morgan fingerprint density at radius 2 is 1.93 bits per heavy atom. The van der Waals surface area contributed by atoms with Gasteiger partial charge in [-0.2, -0.15) is 9.78 Å². The highest BCUT2D eigenvalue weighted by molar-refractivity contribution is 7.20. The summed E-state index contributed by atoms with van der Waals surface area (Å²) >= 11 is 1.51. The average molecular weight is 409 g/mol. The van der Waals surface area contributed by atoms with Crippen LogP contribution in [-0.4, -0.2) is 20.7 Å². The molecule has 29 heavy (non-hydrogen) atoms. The van der Waals surface area contributed by atoms with Crippen LogP contribution in [0.25, 0.3) is 15.3 Å². The molecule has 0 aliphatic heterocycles. The number of aryl methyl sites for hydroxylation is 1. The summed E-state index contributed by atoms with van der Waals surface area (Å²) in [5.74, 6) is -0.364. The number of aromatic nitrogens is 3. The van der Waals surface area contributed by atoms with E-state index in [1.807, 2.05) is 13.0 Å². The van der Waals surface area contributed by atoms with Gasteiger partial charge in [0.05, 0.1) is 15.9 Å². The SMILES string of the molecule is Cc1cc(NC(=O)c2cccc(F)c2)n(-c2nc3ccc(C(C)(C)C)cc3s2)n1. The molecule has 1 N–H and O–H groups in total. The predicted octanol–water partition coefficient (Wildman–Crippen LogP) is 5.48. The van der Waals surface area contributed by atoms with Gasteiger partial charge in [-0.1, -0.05) is 44.2 Å². The molecule has 2 heterocycles. The molecule has 2 aromatic carbocycles. The Kier molecular flexibility index (Phi) is 4.70. The number of hydrogen-bond donors (Lipinski definition) is 1. The van der Waals surface area contributed by atoms with E-state index in [9.17, 15) is 9.18 Å². The van der Waals surface area contributed by atoms with Crippen molar-refractivity contribution >= 4 is 33.3 Å². The average Bonchev–Trinajstić information content (AvgIpc) is 3.23. The zero-order chi connectivity index (χ0) is 20.8. The first kappa shape index (κ1) is 19.3. The first-order chi connectivity index (χ1) is 13.7. The van der Waals surface area contributed by atoms with Crippen molar-refractivity contribution in [1.82, 2.24) is 14.8 Å². The lowest BCUT2D eigenvalue weighted by Gasteiger charge is -2.18. The highest BCUT2D eigenvalue weighted by Crippen LogP contribution is 2.31. The summed E-state index contributed by atoms with van der Waals surface area (Å²) in [6.45, 7) is 8.37. The normalized spacial score (nSPS) is 11.8. The summed E-state index contributed by atoms with van der Waals surface area (Å²) in [6.07, 6.45) is 0. The van der Waals surface area contributed by atoms with Gasteiger partial charge in [0, 0.05) is 11.6 Å². The number of nitrogens with zero attached hydrogens (tertiary/aromatic N) is 3. The number of carbonyl (C=O) groups excluding carboxylic acids is 1. The van der Waals surface area contributed by atoms with Crippen molar-refractivity contribution in [2.45, 2.75) is 33.1 Å². The van der Waals surface area contributed by atoms with E-state index < -0.39 is 11.7 Å². The highest BCUT2D eigenvalue weighted by atomic mass is 32.1. The van der Waals surface area contributed by atoms with Crippen LogP contribution in [0, 0.1) is 12.7 Å². The number of thiazole rings is 1. The molecule has 0 fully saturated rings. The van der Waals surface area contributed by atoms with Gasteiger partial charge < -0.3 is 5.32 Å². The van der Waals surface area contributed by atoms with Crippen LogP contribution in [0.3, 0.4) is 0 Å². The molecule has 2 aromatic heterocycles. The van der Waals surface area contributed by atoms with Gasteiger partial charge in [-0.05, 0) is 48.2 Å². The van der Waals surface area contributed by atoms with Gasteiger partial charge in [0.1, 0.15) is 11.6 Å². The Labute approximate surface area is 172 Å². The number of benzene rings is 2. The van der Waals surface area contributed by atoms with Crippen LogP contribution in [0.4, 0.5) is 10.2 Å². The molecule has 5 nitrogen and oxygen atoms in total. The maximum Gasteiger partial charge on any atom is 0.256 e. The quantitative estimate of drug-likeness (QED) is 0.488. The number of rotatable bonds is 3. The fourth-order valence-corrected chi connectivity index (χ4v) is 3.99. The highest BCUT2D eigenvalue weighted by Gasteiger charge is 2.18. The summed E-state index contributed by atoms with van der Waals surface area (Å²) < 4.78 is 16.1. The van der Waals surface area contributed by atoms with Crippen molar-refractivity contribution in [3.8, 4) is 5.13 Å². The van der Waals surface area contributed by atoms with Gasteiger partial charge in [0.2, 0.25) is 5.13 Å². The smallest absolute Gasteiger partial charge is 0.256 e. The maximum absolute atomic E-state index is 13.4. The van der Waals surface area contributed by atoms with E-state index in [0.29, 0.717) is 10.9 Å². The lowest BCUT2D eigenvalue weighted by atomic mass is 9.87. The minimum Gasteiger partial charge on any atom is -0.306 e. The monoisotopic (exact) mass is 408 g/mol. The lowest BCUT2D eigenvalue weighted by molar-refractivity contribution is 0.102. The molecule has 1 amide bonds. The van der Waals surface area contributed by atoms with Crippen LogP contribution in [0.15, 0.2) is 48.5 Å². The van der Waals surface area contributed by atoms with E-state index in [-0.39, 0.29) is 11.0 Å². The van der Waals surface area contributed by atoms with Crippen molar-refractivity contribution in [2.75, 3.05) is 5.32 Å². The summed E-state index contributed by atoms with van der Waals surface area (Å²) in [5.41, 5.74) is 3.15. The second-order valence-corrected chi connectivity index (χ2v) is 8.99. The maximum atomic E-state index is 13.4. The van der Waals surface area contributed by atoms with Crippen LogP contribution < -0.4 is 5.32 Å². The Morgan fingerprint density at radius 3 is 2.66 bits per heavy atom. The lowest BCUT2D eigenvalue weighted by Crippen LogP contribution is -2.15. The zero-order valence-corrected chi connectivity index (χ0v) is 17.5. The molecule has 0 aliphatic carbocycles. The minimum atomic E-state index is -0.455. The van der Waals surface area contributed by atoms with Crippen LogP contribution in [0.1, 0.15) is 42.4 Å². The predicted molar refractivity (Wildman–Crippen MR) is 115 cm³/mol. The molecule has 7 heteroatoms. The first-order valence-electron chi connectivity index (χ1n) is 9.26. The van der Waals surface area contributed by atoms with Crippen molar-refractivity contribution < 1.29 is 9.18 Å². The molecular formula is C22H21FN4OS. The molecule has 0 aliphatic rings. The van der Waals surface area contributed by atoms with Crippen molar-refractivity contribution in [3.05, 3.63) is 71.2 Å². The molecule has 0 saturated heterocycles. The largest absolute Gasteiger partial charge is 0.306 e. The Balaban J connectivity index is 1.70. The molecule has 4 rings (SSSR count). The van der Waals surface area contributed by atoms with Gasteiger partial charge in [0.15, 0.2) is 0 Å². The van der Waals surface area contributed by atoms with Crippen molar-refractivity contribution in [1.29, 1.82) is 0 Å². The number of halogens is 1. The van der Waals surface area contributed by atoms with Gasteiger partial charge >= 0.3 is 0 Å². The van der Waals surface area contributed by atoms with E-state index in [1.54, 1.807) is 16.8 Å². The molecule has 4 aromatic rings. The summed E-state index contributed by atoms with van der Waals surface area (Å²) in [5, 5.41) is 7.96. The Hall–Kier alpha value is -3.06. The number of nitrogens with one attached hydrogen (secondary N) is 1. The fourth-order valence-electron chi connectivity index (χ4n) is 3.02. The molecule has 0 unspecified atom stereocenters. The van der Waals surface area contributed by atoms with Gasteiger partial charge in [0.25, 0.3) is 5.91 Å². The number of anilines is 1. The fraction of sp³-hybridized carbons (Fsp3) is 0.227. The van der Waals surface area contributed by atoms with Crippen LogP contribution in [0.2, 0.25) is 0 Å². The number of hydrogen-bond acceptors (Lipinski definition) is 4. The van der Waals surface area contributed by atoms with Gasteiger partial charge in [-0.15, -0.1) is 0 Å². The molecule has 0 bridgehead atoms. The van der Waals surface area contributed by atoms with E-state index in [1.165, 1.54) is 35.1 Å². The van der Waals surface area contributed by atoms with Gasteiger partial charge in [-0.25, -0.2) is 9.37 Å². The topological polar surface area (TPSA) is 59.8 Å². The van der Waals surface area contributed by atoms with E-state index in [4.69, 9.17) is 0 Å². The third-order valence-corrected chi connectivity index (χ3v) is 5.58. The summed E-state index contributed by atoms with van der Waals surface area (Å²) in [6, 6.07) is 13.6. The number of fused-ring (bicyclic) bond motifs is 1. The summed E-state index contributed by atoms with van der Waals surface area (Å²) in [7, 11) is 0. The van der Waals surface area contributed by atoms with E-state index in [0.717, 1.165) is 15.9 Å². The molecule has 0 radical (unpaired) electrons. The second kappa shape index (κ2) is 7.08. The van der Waals surface area contributed by atoms with Crippen LogP contribution in [-0.2, 0) is 5.41 Å².